The fourth-order valence-corrected chi connectivity index (χ4v) is 5.29. The summed E-state index contributed by atoms with van der Waals surface area (Å²) in [6.45, 7) is 0.244. The van der Waals surface area contributed by atoms with E-state index in [0.717, 1.165) is 5.69 Å². The molecule has 0 spiro atoms. The van der Waals surface area contributed by atoms with Gasteiger partial charge in [0.2, 0.25) is 10.0 Å². The van der Waals surface area contributed by atoms with Gasteiger partial charge in [0.15, 0.2) is 5.78 Å². The van der Waals surface area contributed by atoms with Crippen LogP contribution in [-0.2, 0) is 16.4 Å². The maximum absolute atomic E-state index is 13.0. The van der Waals surface area contributed by atoms with Crippen molar-refractivity contribution in [1.82, 2.24) is 9.71 Å². The summed E-state index contributed by atoms with van der Waals surface area (Å²) in [5.41, 5.74) is 2.80. The molecule has 0 radical (unpaired) electrons. The molecular weight excluding hydrogens is 440 g/mol. The Labute approximate surface area is 191 Å². The number of hydrogen-bond acceptors (Lipinski definition) is 6. The first-order valence-corrected chi connectivity index (χ1v) is 12.3. The molecule has 1 aliphatic heterocycles. The van der Waals surface area contributed by atoms with Crippen molar-refractivity contribution >= 4 is 21.7 Å². The van der Waals surface area contributed by atoms with Crippen LogP contribution in [0.15, 0.2) is 66.9 Å². The minimum absolute atomic E-state index is 0.00462. The summed E-state index contributed by atoms with van der Waals surface area (Å²) in [6.07, 6.45) is 3.34. The second-order valence-corrected chi connectivity index (χ2v) is 10.3. The van der Waals surface area contributed by atoms with E-state index in [1.165, 1.54) is 0 Å². The summed E-state index contributed by atoms with van der Waals surface area (Å²) in [5.74, 6) is -0.530. The lowest BCUT2D eigenvalue weighted by Crippen LogP contribution is -2.33. The molecule has 1 N–H and O–H groups in total. The van der Waals surface area contributed by atoms with Crippen LogP contribution in [0.1, 0.15) is 39.3 Å². The van der Waals surface area contributed by atoms with Crippen LogP contribution >= 0.6 is 0 Å². The van der Waals surface area contributed by atoms with Gasteiger partial charge < -0.3 is 4.74 Å². The molecule has 8 heteroatoms. The van der Waals surface area contributed by atoms with E-state index < -0.39 is 21.2 Å². The largest absolute Gasteiger partial charge is 0.492 e. The third-order valence-electron chi connectivity index (χ3n) is 5.92. The van der Waals surface area contributed by atoms with Crippen molar-refractivity contribution < 1.29 is 22.7 Å². The van der Waals surface area contributed by atoms with Gasteiger partial charge in [-0.25, -0.2) is 13.1 Å². The number of ether oxygens (including phenoxy) is 1. The number of nitrogens with one attached hydrogen (secondary N) is 1. The normalized spacial score (nSPS) is 17.7. The van der Waals surface area contributed by atoms with Gasteiger partial charge in [0, 0.05) is 23.9 Å². The van der Waals surface area contributed by atoms with Gasteiger partial charge in [0.25, 0.3) is 5.91 Å². The summed E-state index contributed by atoms with van der Waals surface area (Å²) in [4.78, 5) is 30.1. The van der Waals surface area contributed by atoms with E-state index in [1.54, 1.807) is 48.7 Å². The molecule has 1 saturated carbocycles. The van der Waals surface area contributed by atoms with E-state index in [1.807, 2.05) is 18.2 Å². The van der Waals surface area contributed by atoms with E-state index >= 15 is 0 Å². The highest BCUT2D eigenvalue weighted by molar-refractivity contribution is 7.91. The predicted molar refractivity (Wildman–Crippen MR) is 123 cm³/mol. The Hall–Kier alpha value is -3.52. The molecule has 1 fully saturated rings. The molecule has 2 aliphatic rings. The highest BCUT2D eigenvalue weighted by Gasteiger charge is 2.37. The first kappa shape index (κ1) is 21.3. The van der Waals surface area contributed by atoms with Crippen molar-refractivity contribution in [2.75, 3.05) is 6.61 Å². The molecule has 2 aromatic carbocycles. The van der Waals surface area contributed by atoms with E-state index in [4.69, 9.17) is 4.74 Å². The van der Waals surface area contributed by atoms with E-state index in [2.05, 4.69) is 9.71 Å². The molecular formula is C25H22N2O5S. The number of Topliss-reactive ketones (excluding diaryl/α,β-unsaturated/α-hetero) is 1. The van der Waals surface area contributed by atoms with Crippen LogP contribution < -0.4 is 9.46 Å². The zero-order chi connectivity index (χ0) is 23.0. The predicted octanol–water partition coefficient (Wildman–Crippen LogP) is 3.40. The smallest absolute Gasteiger partial charge is 0.265 e. The lowest BCUT2D eigenvalue weighted by atomic mass is 9.89. The topological polar surface area (TPSA) is 102 Å². The monoisotopic (exact) mass is 462 g/mol. The lowest BCUT2D eigenvalue weighted by Gasteiger charge is -2.24. The first-order chi connectivity index (χ1) is 15.9. The Kier molecular flexibility index (Phi) is 5.46. The number of benzene rings is 2. The number of carbonyl (C=O) groups is 2. The molecule has 5 rings (SSSR count). The molecule has 0 saturated heterocycles. The van der Waals surface area contributed by atoms with E-state index in [-0.39, 0.29) is 23.9 Å². The second kappa shape index (κ2) is 8.44. The summed E-state index contributed by atoms with van der Waals surface area (Å²) in [7, 11) is -3.66. The van der Waals surface area contributed by atoms with Crippen LogP contribution in [0, 0.1) is 5.92 Å². The molecule has 168 valence electrons. The van der Waals surface area contributed by atoms with Gasteiger partial charge in [-0.2, -0.15) is 0 Å². The average molecular weight is 463 g/mol. The number of ketones is 1. The second-order valence-electron chi connectivity index (χ2n) is 8.33. The van der Waals surface area contributed by atoms with Gasteiger partial charge in [-0.1, -0.05) is 30.3 Å². The lowest BCUT2D eigenvalue weighted by molar-refractivity contribution is 0.0829. The van der Waals surface area contributed by atoms with Crippen LogP contribution in [0.25, 0.3) is 11.1 Å². The molecule has 7 nitrogen and oxygen atoms in total. The van der Waals surface area contributed by atoms with Gasteiger partial charge in [-0.3, -0.25) is 14.6 Å². The van der Waals surface area contributed by atoms with Crippen molar-refractivity contribution in [3.63, 3.8) is 0 Å². The molecule has 1 unspecified atom stereocenters. The number of carbonyl (C=O) groups excluding carboxylic acids is 2. The number of pyridine rings is 1. The Bertz CT molecular complexity index is 1330. The summed E-state index contributed by atoms with van der Waals surface area (Å²) in [5, 5.41) is -0.490. The highest BCUT2D eigenvalue weighted by atomic mass is 32.2. The zero-order valence-electron chi connectivity index (χ0n) is 17.7. The average Bonchev–Trinajstić information content (AvgIpc) is 3.68. The first-order valence-electron chi connectivity index (χ1n) is 10.8. The molecule has 1 amide bonds. The molecule has 0 bridgehead atoms. The fourth-order valence-electron chi connectivity index (χ4n) is 4.00. The molecule has 33 heavy (non-hydrogen) atoms. The zero-order valence-corrected chi connectivity index (χ0v) is 18.5. The highest BCUT2D eigenvalue weighted by Crippen LogP contribution is 2.34. The minimum Gasteiger partial charge on any atom is -0.492 e. The summed E-state index contributed by atoms with van der Waals surface area (Å²) < 4.78 is 32.5. The molecule has 1 aliphatic carbocycles. The van der Waals surface area contributed by atoms with Crippen molar-refractivity contribution in [3.05, 3.63) is 83.7 Å². The van der Waals surface area contributed by atoms with Gasteiger partial charge in [0.05, 0.1) is 23.3 Å². The van der Waals surface area contributed by atoms with Gasteiger partial charge >= 0.3 is 0 Å². The standard InChI is InChI=1S/C25H22N2O5S/c28-24-17(13-18-5-3-4-12-26-18)15-32-23-14-16(8-11-22(23)24)20-6-1-2-7-21(20)25(29)27-33(30,31)19-9-10-19/h1-8,11-12,14,17,19H,9-10,13,15H2,(H,27,29). The van der Waals surface area contributed by atoms with Crippen LogP contribution in [0.3, 0.4) is 0 Å². The van der Waals surface area contributed by atoms with E-state index in [9.17, 15) is 18.0 Å². The van der Waals surface area contributed by atoms with Crippen molar-refractivity contribution in [1.29, 1.82) is 0 Å². The van der Waals surface area contributed by atoms with Gasteiger partial charge in [-0.05, 0) is 54.3 Å². The van der Waals surface area contributed by atoms with E-state index in [0.29, 0.717) is 41.7 Å². The maximum atomic E-state index is 13.0. The Balaban J connectivity index is 1.40. The number of rotatable bonds is 6. The Morgan fingerprint density at radius 2 is 1.82 bits per heavy atom. The molecule has 3 aromatic rings. The Morgan fingerprint density at radius 3 is 2.58 bits per heavy atom. The van der Waals surface area contributed by atoms with Gasteiger partial charge in [0.1, 0.15) is 5.75 Å². The van der Waals surface area contributed by atoms with Crippen molar-refractivity contribution in [3.8, 4) is 16.9 Å². The third kappa shape index (κ3) is 4.39. The number of sulfonamides is 1. The quantitative estimate of drug-likeness (QED) is 0.602. The molecule has 2 heterocycles. The van der Waals surface area contributed by atoms with Crippen LogP contribution in [-0.4, -0.2) is 36.9 Å². The summed E-state index contributed by atoms with van der Waals surface area (Å²) >= 11 is 0. The number of amides is 1. The van der Waals surface area contributed by atoms with Crippen molar-refractivity contribution in [2.24, 2.45) is 5.92 Å². The van der Waals surface area contributed by atoms with Gasteiger partial charge in [-0.15, -0.1) is 0 Å². The fraction of sp³-hybridized carbons (Fsp3) is 0.240. The molecule has 1 aromatic heterocycles. The van der Waals surface area contributed by atoms with Crippen molar-refractivity contribution in [2.45, 2.75) is 24.5 Å². The third-order valence-corrected chi connectivity index (χ3v) is 7.74. The summed E-state index contributed by atoms with van der Waals surface area (Å²) in [6, 6.07) is 17.6. The SMILES string of the molecule is O=C(NS(=O)(=O)C1CC1)c1ccccc1-c1ccc2c(c1)OCC(Cc1ccccn1)C2=O. The van der Waals surface area contributed by atoms with Crippen LogP contribution in [0.2, 0.25) is 0 Å². The van der Waals surface area contributed by atoms with Crippen LogP contribution in [0.5, 0.6) is 5.75 Å². The number of aromatic nitrogens is 1. The number of hydrogen-bond donors (Lipinski definition) is 1. The number of fused-ring (bicyclic) bond motifs is 1. The molecule has 1 atom stereocenters. The maximum Gasteiger partial charge on any atom is 0.265 e. The van der Waals surface area contributed by atoms with Crippen LogP contribution in [0.4, 0.5) is 0 Å². The Morgan fingerprint density at radius 1 is 1.03 bits per heavy atom. The number of nitrogens with zero attached hydrogens (tertiary/aromatic N) is 1. The minimum atomic E-state index is -3.66.